The summed E-state index contributed by atoms with van der Waals surface area (Å²) in [7, 11) is 0. The molecule has 1 amide bonds. The average molecular weight is 368 g/mol. The fourth-order valence-electron chi connectivity index (χ4n) is 1.92. The normalized spacial score (nSPS) is 13.9. The standard InChI is InChI=1S/C16H18ClN3O3S/c1-15(2,3)16(18,12(21)20-14-19-9-11(17)24-14)13(22)23-10-7-5-4-6-8-10/h4-9H,18H2,1-3H3,(H,19,20,21)/t16-/m0/s1. The van der Waals surface area contributed by atoms with Crippen LogP contribution in [-0.4, -0.2) is 22.4 Å². The Morgan fingerprint density at radius 2 is 1.88 bits per heavy atom. The third kappa shape index (κ3) is 3.75. The molecule has 8 heteroatoms. The third-order valence-electron chi connectivity index (χ3n) is 3.51. The molecule has 1 aromatic heterocycles. The van der Waals surface area contributed by atoms with Crippen LogP contribution in [0.3, 0.4) is 0 Å². The molecule has 0 saturated heterocycles. The Morgan fingerprint density at radius 1 is 1.25 bits per heavy atom. The van der Waals surface area contributed by atoms with Gasteiger partial charge in [0, 0.05) is 0 Å². The summed E-state index contributed by atoms with van der Waals surface area (Å²) in [6, 6.07) is 8.44. The van der Waals surface area contributed by atoms with Crippen LogP contribution < -0.4 is 15.8 Å². The van der Waals surface area contributed by atoms with Crippen molar-refractivity contribution in [3.8, 4) is 5.75 Å². The highest BCUT2D eigenvalue weighted by Gasteiger charge is 2.53. The molecule has 6 nitrogen and oxygen atoms in total. The summed E-state index contributed by atoms with van der Waals surface area (Å²) in [5.74, 6) is -1.24. The van der Waals surface area contributed by atoms with E-state index in [1.54, 1.807) is 51.1 Å². The van der Waals surface area contributed by atoms with Gasteiger partial charge in [0.25, 0.3) is 5.91 Å². The first kappa shape index (κ1) is 18.4. The van der Waals surface area contributed by atoms with Gasteiger partial charge in [0.15, 0.2) is 10.7 Å². The van der Waals surface area contributed by atoms with Gasteiger partial charge in [-0.3, -0.25) is 10.1 Å². The van der Waals surface area contributed by atoms with Crippen LogP contribution in [0.1, 0.15) is 20.8 Å². The average Bonchev–Trinajstić information content (AvgIpc) is 2.91. The summed E-state index contributed by atoms with van der Waals surface area (Å²) in [5.41, 5.74) is 3.41. The largest absolute Gasteiger partial charge is 0.425 e. The molecule has 0 aliphatic heterocycles. The number of benzene rings is 1. The van der Waals surface area contributed by atoms with Crippen LogP contribution in [0.4, 0.5) is 5.13 Å². The smallest absolute Gasteiger partial charge is 0.341 e. The fourth-order valence-corrected chi connectivity index (χ4v) is 2.73. The number of carbonyl (C=O) groups excluding carboxylic acids is 2. The van der Waals surface area contributed by atoms with Crippen LogP contribution in [0.15, 0.2) is 36.5 Å². The number of nitrogens with one attached hydrogen (secondary N) is 1. The number of esters is 1. The number of thiazole rings is 1. The van der Waals surface area contributed by atoms with E-state index < -0.39 is 22.8 Å². The lowest BCUT2D eigenvalue weighted by atomic mass is 9.73. The highest BCUT2D eigenvalue weighted by atomic mass is 35.5. The number of carbonyl (C=O) groups is 2. The minimum absolute atomic E-state index is 0.261. The zero-order chi connectivity index (χ0) is 18.0. The van der Waals surface area contributed by atoms with E-state index in [0.717, 1.165) is 11.3 Å². The van der Waals surface area contributed by atoms with Gasteiger partial charge >= 0.3 is 5.97 Å². The van der Waals surface area contributed by atoms with Gasteiger partial charge in [-0.15, -0.1) is 0 Å². The molecule has 3 N–H and O–H groups in total. The van der Waals surface area contributed by atoms with E-state index in [4.69, 9.17) is 22.1 Å². The molecule has 2 aromatic rings. The van der Waals surface area contributed by atoms with E-state index in [9.17, 15) is 9.59 Å². The van der Waals surface area contributed by atoms with Crippen LogP contribution in [0.5, 0.6) is 5.75 Å². The van der Waals surface area contributed by atoms with E-state index in [2.05, 4.69) is 10.3 Å². The Labute approximate surface area is 149 Å². The predicted octanol–water partition coefficient (Wildman–Crippen LogP) is 3.08. The number of nitrogens with two attached hydrogens (primary N) is 1. The number of anilines is 1. The van der Waals surface area contributed by atoms with Crippen molar-refractivity contribution in [3.05, 3.63) is 40.9 Å². The van der Waals surface area contributed by atoms with Crippen LogP contribution in [-0.2, 0) is 9.59 Å². The number of ether oxygens (including phenoxy) is 1. The van der Waals surface area contributed by atoms with Gasteiger partial charge in [0.2, 0.25) is 0 Å². The molecule has 0 aliphatic rings. The van der Waals surface area contributed by atoms with E-state index in [-0.39, 0.29) is 5.13 Å². The Balaban J connectivity index is 2.28. The van der Waals surface area contributed by atoms with Crippen LogP contribution in [0, 0.1) is 5.41 Å². The van der Waals surface area contributed by atoms with Gasteiger partial charge in [-0.25, -0.2) is 9.78 Å². The fraction of sp³-hybridized carbons (Fsp3) is 0.312. The predicted molar refractivity (Wildman–Crippen MR) is 94.2 cm³/mol. The first-order valence-corrected chi connectivity index (χ1v) is 8.33. The number of amides is 1. The molecular weight excluding hydrogens is 350 g/mol. The molecule has 1 atom stereocenters. The lowest BCUT2D eigenvalue weighted by Crippen LogP contribution is -2.66. The SMILES string of the molecule is CC(C)(C)[C@](N)(C(=O)Nc1ncc(Cl)s1)C(=O)Oc1ccccc1. The third-order valence-corrected chi connectivity index (χ3v) is 4.55. The lowest BCUT2D eigenvalue weighted by Gasteiger charge is -2.37. The highest BCUT2D eigenvalue weighted by molar-refractivity contribution is 7.19. The summed E-state index contributed by atoms with van der Waals surface area (Å²) >= 11 is 6.87. The van der Waals surface area contributed by atoms with Gasteiger partial charge in [-0.1, -0.05) is 61.9 Å². The highest BCUT2D eigenvalue weighted by Crippen LogP contribution is 2.32. The molecule has 0 bridgehead atoms. The maximum absolute atomic E-state index is 12.7. The quantitative estimate of drug-likeness (QED) is 0.492. The molecule has 1 aromatic carbocycles. The van der Waals surface area contributed by atoms with Crippen LogP contribution in [0.2, 0.25) is 4.34 Å². The number of para-hydroxylation sites is 1. The number of halogens is 1. The molecule has 0 spiro atoms. The van der Waals surface area contributed by atoms with Crippen LogP contribution in [0.25, 0.3) is 0 Å². The number of nitrogens with zero attached hydrogens (tertiary/aromatic N) is 1. The first-order chi connectivity index (χ1) is 11.1. The molecule has 2 rings (SSSR count). The molecule has 0 saturated carbocycles. The van der Waals surface area contributed by atoms with Crippen LogP contribution >= 0.6 is 22.9 Å². The monoisotopic (exact) mass is 367 g/mol. The minimum Gasteiger partial charge on any atom is -0.425 e. The van der Waals surface area contributed by atoms with Crippen molar-refractivity contribution in [2.45, 2.75) is 26.3 Å². The summed E-state index contributed by atoms with van der Waals surface area (Å²) in [4.78, 5) is 29.3. The number of rotatable bonds is 4. The molecule has 128 valence electrons. The topological polar surface area (TPSA) is 94.3 Å². The van der Waals surface area contributed by atoms with Gasteiger partial charge in [-0.2, -0.15) is 0 Å². The van der Waals surface area contributed by atoms with Gasteiger partial charge in [-0.05, 0) is 17.5 Å². The van der Waals surface area contributed by atoms with Crippen molar-refractivity contribution in [1.29, 1.82) is 0 Å². The van der Waals surface area contributed by atoms with E-state index in [1.807, 2.05) is 0 Å². The summed E-state index contributed by atoms with van der Waals surface area (Å²) in [6.45, 7) is 5.06. The van der Waals surface area contributed by atoms with Crippen molar-refractivity contribution in [1.82, 2.24) is 4.98 Å². The lowest BCUT2D eigenvalue weighted by molar-refractivity contribution is -0.150. The molecule has 0 aliphatic carbocycles. The van der Waals surface area contributed by atoms with Gasteiger partial charge < -0.3 is 10.5 Å². The van der Waals surface area contributed by atoms with E-state index >= 15 is 0 Å². The first-order valence-electron chi connectivity index (χ1n) is 7.13. The summed E-state index contributed by atoms with van der Waals surface area (Å²) in [5, 5.41) is 2.80. The van der Waals surface area contributed by atoms with Crippen molar-refractivity contribution in [2.75, 3.05) is 5.32 Å². The maximum atomic E-state index is 12.7. The van der Waals surface area contributed by atoms with Crippen molar-refractivity contribution in [2.24, 2.45) is 11.1 Å². The van der Waals surface area contributed by atoms with E-state index in [0.29, 0.717) is 10.1 Å². The van der Waals surface area contributed by atoms with Crippen molar-refractivity contribution < 1.29 is 14.3 Å². The Morgan fingerprint density at radius 3 is 2.38 bits per heavy atom. The van der Waals surface area contributed by atoms with Crippen molar-refractivity contribution >= 4 is 39.9 Å². The van der Waals surface area contributed by atoms with E-state index in [1.165, 1.54) is 6.20 Å². The maximum Gasteiger partial charge on any atom is 0.341 e. The zero-order valence-electron chi connectivity index (χ0n) is 13.5. The molecule has 1 heterocycles. The second-order valence-corrected chi connectivity index (χ2v) is 7.85. The Kier molecular flexibility index (Phi) is 5.27. The van der Waals surface area contributed by atoms with Gasteiger partial charge in [0.05, 0.1) is 6.20 Å². The summed E-state index contributed by atoms with van der Waals surface area (Å²) in [6.07, 6.45) is 1.40. The summed E-state index contributed by atoms with van der Waals surface area (Å²) < 4.78 is 5.71. The van der Waals surface area contributed by atoms with Gasteiger partial charge in [0.1, 0.15) is 10.1 Å². The zero-order valence-corrected chi connectivity index (χ0v) is 15.1. The Bertz CT molecular complexity index is 743. The van der Waals surface area contributed by atoms with Crippen molar-refractivity contribution in [3.63, 3.8) is 0 Å². The molecular formula is C16H18ClN3O3S. The second kappa shape index (κ2) is 6.88. The number of aromatic nitrogens is 1. The molecule has 0 fully saturated rings. The number of hydrogen-bond donors (Lipinski definition) is 2. The molecule has 0 radical (unpaired) electrons. The molecule has 0 unspecified atom stereocenters. The minimum atomic E-state index is -1.92. The molecule has 24 heavy (non-hydrogen) atoms. The Hall–Kier alpha value is -1.96. The number of hydrogen-bond acceptors (Lipinski definition) is 6. The second-order valence-electron chi connectivity index (χ2n) is 6.18.